The van der Waals surface area contributed by atoms with Gasteiger partial charge < -0.3 is 10.2 Å². The third-order valence-electron chi connectivity index (χ3n) is 3.30. The molecule has 0 bridgehead atoms. The molecule has 0 saturated heterocycles. The zero-order valence-corrected chi connectivity index (χ0v) is 13.0. The first-order chi connectivity index (χ1) is 10.1. The number of nitrogens with zero attached hydrogens (tertiary/aromatic N) is 1. The second-order valence-electron chi connectivity index (χ2n) is 5.04. The van der Waals surface area contributed by atoms with Crippen LogP contribution < -0.4 is 10.2 Å². The molecule has 21 heavy (non-hydrogen) atoms. The number of carbonyl (C=O) groups excluding carboxylic acids is 1. The van der Waals surface area contributed by atoms with Crippen molar-refractivity contribution >= 4 is 23.2 Å². The van der Waals surface area contributed by atoms with Gasteiger partial charge in [-0.25, -0.2) is 0 Å². The van der Waals surface area contributed by atoms with Crippen LogP contribution in [0.5, 0.6) is 0 Å². The van der Waals surface area contributed by atoms with Gasteiger partial charge in [0.1, 0.15) is 0 Å². The molecule has 0 fully saturated rings. The van der Waals surface area contributed by atoms with E-state index in [1.807, 2.05) is 73.5 Å². The number of likely N-dealkylation sites (N-methyl/N-ethyl adjacent to an activating group) is 1. The SMILES string of the molecule is CC(NC(=O)CN(C)c1ccccc1)c1cccc(Cl)c1. The molecule has 2 rings (SSSR count). The molecular weight excluding hydrogens is 284 g/mol. The molecule has 1 amide bonds. The number of carbonyl (C=O) groups is 1. The lowest BCUT2D eigenvalue weighted by molar-refractivity contribution is -0.120. The van der Waals surface area contributed by atoms with Gasteiger partial charge in [0.15, 0.2) is 0 Å². The topological polar surface area (TPSA) is 32.3 Å². The van der Waals surface area contributed by atoms with E-state index < -0.39 is 0 Å². The van der Waals surface area contributed by atoms with Crippen LogP contribution in [-0.2, 0) is 4.79 Å². The molecular formula is C17H19ClN2O. The van der Waals surface area contributed by atoms with Gasteiger partial charge in [0.05, 0.1) is 12.6 Å². The summed E-state index contributed by atoms with van der Waals surface area (Å²) in [6, 6.07) is 17.3. The van der Waals surface area contributed by atoms with Gasteiger partial charge in [-0.2, -0.15) is 0 Å². The highest BCUT2D eigenvalue weighted by atomic mass is 35.5. The van der Waals surface area contributed by atoms with E-state index in [-0.39, 0.29) is 11.9 Å². The molecule has 0 aromatic heterocycles. The molecule has 1 unspecified atom stereocenters. The molecule has 0 saturated carbocycles. The van der Waals surface area contributed by atoms with Crippen molar-refractivity contribution in [3.05, 3.63) is 65.2 Å². The lowest BCUT2D eigenvalue weighted by Gasteiger charge is -2.21. The predicted octanol–water partition coefficient (Wildman–Crippen LogP) is 3.65. The fourth-order valence-electron chi connectivity index (χ4n) is 2.14. The summed E-state index contributed by atoms with van der Waals surface area (Å²) in [5.41, 5.74) is 2.02. The van der Waals surface area contributed by atoms with Crippen molar-refractivity contribution < 1.29 is 4.79 Å². The standard InChI is InChI=1S/C17H19ClN2O/c1-13(14-7-6-8-15(18)11-14)19-17(21)12-20(2)16-9-4-3-5-10-16/h3-11,13H,12H2,1-2H3,(H,19,21). The second-order valence-corrected chi connectivity index (χ2v) is 5.47. The molecule has 2 aromatic carbocycles. The highest BCUT2D eigenvalue weighted by Crippen LogP contribution is 2.17. The Morgan fingerprint density at radius 2 is 1.90 bits per heavy atom. The van der Waals surface area contributed by atoms with Crippen LogP contribution in [0, 0.1) is 0 Å². The van der Waals surface area contributed by atoms with Gasteiger partial charge in [-0.15, -0.1) is 0 Å². The average Bonchev–Trinajstić information content (AvgIpc) is 2.48. The highest BCUT2D eigenvalue weighted by Gasteiger charge is 2.12. The Morgan fingerprint density at radius 1 is 1.19 bits per heavy atom. The third kappa shape index (κ3) is 4.50. The fourth-order valence-corrected chi connectivity index (χ4v) is 2.33. The normalized spacial score (nSPS) is 11.8. The van der Waals surface area contributed by atoms with Gasteiger partial charge in [-0.3, -0.25) is 4.79 Å². The van der Waals surface area contributed by atoms with Crippen LogP contribution in [0.15, 0.2) is 54.6 Å². The Labute approximate surface area is 130 Å². The molecule has 0 aliphatic rings. The molecule has 0 aliphatic carbocycles. The second kappa shape index (κ2) is 7.14. The number of hydrogen-bond donors (Lipinski definition) is 1. The van der Waals surface area contributed by atoms with E-state index in [2.05, 4.69) is 5.32 Å². The Balaban J connectivity index is 1.92. The first-order valence-electron chi connectivity index (χ1n) is 6.87. The summed E-state index contributed by atoms with van der Waals surface area (Å²) in [5.74, 6) is -0.0196. The first-order valence-corrected chi connectivity index (χ1v) is 7.25. The van der Waals surface area contributed by atoms with E-state index in [0.29, 0.717) is 11.6 Å². The summed E-state index contributed by atoms with van der Waals surface area (Å²) in [5, 5.41) is 3.66. The zero-order chi connectivity index (χ0) is 15.2. The van der Waals surface area contributed by atoms with Crippen LogP contribution in [-0.4, -0.2) is 19.5 Å². The van der Waals surface area contributed by atoms with E-state index in [1.54, 1.807) is 0 Å². The lowest BCUT2D eigenvalue weighted by atomic mass is 10.1. The Hall–Kier alpha value is -2.00. The maximum atomic E-state index is 12.1. The molecule has 4 heteroatoms. The van der Waals surface area contributed by atoms with Crippen LogP contribution in [0.2, 0.25) is 5.02 Å². The van der Waals surface area contributed by atoms with Crippen LogP contribution in [0.3, 0.4) is 0 Å². The van der Waals surface area contributed by atoms with Crippen LogP contribution >= 0.6 is 11.6 Å². The highest BCUT2D eigenvalue weighted by molar-refractivity contribution is 6.30. The van der Waals surface area contributed by atoms with Gasteiger partial charge in [0.25, 0.3) is 0 Å². The molecule has 0 heterocycles. The molecule has 0 radical (unpaired) electrons. The van der Waals surface area contributed by atoms with Crippen molar-refractivity contribution in [1.29, 1.82) is 0 Å². The van der Waals surface area contributed by atoms with Crippen molar-refractivity contribution in [3.8, 4) is 0 Å². The first kappa shape index (κ1) is 15.4. The van der Waals surface area contributed by atoms with Gasteiger partial charge in [-0.1, -0.05) is 41.9 Å². The Kier molecular flexibility index (Phi) is 5.23. The molecule has 2 aromatic rings. The number of benzene rings is 2. The van der Waals surface area contributed by atoms with Gasteiger partial charge in [0, 0.05) is 17.8 Å². The summed E-state index contributed by atoms with van der Waals surface area (Å²) >= 11 is 5.97. The number of para-hydroxylation sites is 1. The zero-order valence-electron chi connectivity index (χ0n) is 12.2. The predicted molar refractivity (Wildman–Crippen MR) is 87.7 cm³/mol. The minimum absolute atomic E-state index is 0.0196. The van der Waals surface area contributed by atoms with Crippen molar-refractivity contribution in [1.82, 2.24) is 5.32 Å². The van der Waals surface area contributed by atoms with Crippen LogP contribution in [0.1, 0.15) is 18.5 Å². The molecule has 1 N–H and O–H groups in total. The van der Waals surface area contributed by atoms with Gasteiger partial charge in [0.2, 0.25) is 5.91 Å². The fraction of sp³-hybridized carbons (Fsp3) is 0.235. The van der Waals surface area contributed by atoms with E-state index in [4.69, 9.17) is 11.6 Å². The van der Waals surface area contributed by atoms with Crippen LogP contribution in [0.25, 0.3) is 0 Å². The number of hydrogen-bond acceptors (Lipinski definition) is 2. The largest absolute Gasteiger partial charge is 0.365 e. The van der Waals surface area contributed by atoms with Crippen LogP contribution in [0.4, 0.5) is 5.69 Å². The third-order valence-corrected chi connectivity index (χ3v) is 3.54. The summed E-state index contributed by atoms with van der Waals surface area (Å²) in [4.78, 5) is 14.0. The van der Waals surface area contributed by atoms with Gasteiger partial charge in [-0.05, 0) is 36.8 Å². The maximum absolute atomic E-state index is 12.1. The molecule has 0 spiro atoms. The number of amides is 1. The minimum Gasteiger partial charge on any atom is -0.365 e. The quantitative estimate of drug-likeness (QED) is 0.914. The van der Waals surface area contributed by atoms with Gasteiger partial charge >= 0.3 is 0 Å². The summed E-state index contributed by atoms with van der Waals surface area (Å²) < 4.78 is 0. The average molecular weight is 303 g/mol. The molecule has 1 atom stereocenters. The molecule has 3 nitrogen and oxygen atoms in total. The van der Waals surface area contributed by atoms with Crippen molar-refractivity contribution in [2.24, 2.45) is 0 Å². The number of nitrogens with one attached hydrogen (secondary N) is 1. The monoisotopic (exact) mass is 302 g/mol. The number of anilines is 1. The molecule has 110 valence electrons. The van der Waals surface area contributed by atoms with E-state index >= 15 is 0 Å². The number of rotatable bonds is 5. The van der Waals surface area contributed by atoms with E-state index in [9.17, 15) is 4.79 Å². The summed E-state index contributed by atoms with van der Waals surface area (Å²) in [6.45, 7) is 2.26. The molecule has 0 aliphatic heterocycles. The minimum atomic E-state index is -0.0691. The summed E-state index contributed by atoms with van der Waals surface area (Å²) in [6.07, 6.45) is 0. The van der Waals surface area contributed by atoms with Crippen molar-refractivity contribution in [2.45, 2.75) is 13.0 Å². The Morgan fingerprint density at radius 3 is 2.57 bits per heavy atom. The maximum Gasteiger partial charge on any atom is 0.239 e. The Bertz CT molecular complexity index is 601. The summed E-state index contributed by atoms with van der Waals surface area (Å²) in [7, 11) is 1.90. The van der Waals surface area contributed by atoms with Crippen molar-refractivity contribution in [3.63, 3.8) is 0 Å². The van der Waals surface area contributed by atoms with E-state index in [1.165, 1.54) is 0 Å². The number of halogens is 1. The smallest absolute Gasteiger partial charge is 0.239 e. The lowest BCUT2D eigenvalue weighted by Crippen LogP contribution is -2.36. The van der Waals surface area contributed by atoms with Crippen molar-refractivity contribution in [2.75, 3.05) is 18.5 Å². The van der Waals surface area contributed by atoms with E-state index in [0.717, 1.165) is 11.3 Å².